The fourth-order valence-corrected chi connectivity index (χ4v) is 4.81. The first kappa shape index (κ1) is 20.6. The van der Waals surface area contributed by atoms with Gasteiger partial charge in [0.2, 0.25) is 11.8 Å². The molecule has 3 rings (SSSR count). The zero-order chi connectivity index (χ0) is 19.9. The van der Waals surface area contributed by atoms with Crippen LogP contribution in [0.25, 0.3) is 0 Å². The maximum atomic E-state index is 13.1. The number of hydrogen-bond donors (Lipinski definition) is 0. The number of anilines is 1. The smallest absolute Gasteiger partial charge is 0.238 e. The third-order valence-corrected chi connectivity index (χ3v) is 6.29. The summed E-state index contributed by atoms with van der Waals surface area (Å²) < 4.78 is 0. The maximum absolute atomic E-state index is 13.1. The van der Waals surface area contributed by atoms with E-state index in [2.05, 4.69) is 25.7 Å². The first-order valence-corrected chi connectivity index (χ1v) is 10.9. The van der Waals surface area contributed by atoms with E-state index >= 15 is 0 Å². The van der Waals surface area contributed by atoms with E-state index in [1.807, 2.05) is 36.4 Å². The SMILES string of the molecule is C=C[C@H]1C[C@@H](/C=C/CCCCCCCC)[C@@H]2C(=O)N(c3ccccc3)C(=O)[C@@H]21. The molecular weight excluding hydrogens is 346 g/mol. The zero-order valence-corrected chi connectivity index (χ0v) is 17.1. The first-order valence-electron chi connectivity index (χ1n) is 10.9. The molecule has 4 atom stereocenters. The highest BCUT2D eigenvalue weighted by Crippen LogP contribution is 2.49. The number of nitrogens with zero attached hydrogens (tertiary/aromatic N) is 1. The fraction of sp³-hybridized carbons (Fsp3) is 0.520. The molecule has 0 aromatic heterocycles. The number of imide groups is 1. The van der Waals surface area contributed by atoms with Gasteiger partial charge in [0, 0.05) is 0 Å². The van der Waals surface area contributed by atoms with Crippen LogP contribution in [-0.2, 0) is 9.59 Å². The Morgan fingerprint density at radius 1 is 0.964 bits per heavy atom. The Bertz CT molecular complexity index is 709. The summed E-state index contributed by atoms with van der Waals surface area (Å²) in [7, 11) is 0. The van der Waals surface area contributed by atoms with Gasteiger partial charge in [0.15, 0.2) is 0 Å². The van der Waals surface area contributed by atoms with Crippen molar-refractivity contribution >= 4 is 17.5 Å². The molecule has 1 saturated heterocycles. The van der Waals surface area contributed by atoms with Gasteiger partial charge in [-0.3, -0.25) is 14.5 Å². The largest absolute Gasteiger partial charge is 0.274 e. The molecule has 28 heavy (non-hydrogen) atoms. The summed E-state index contributed by atoms with van der Waals surface area (Å²) in [6.45, 7) is 6.17. The van der Waals surface area contributed by atoms with E-state index in [0.717, 1.165) is 12.8 Å². The number of unbranched alkanes of at least 4 members (excludes halogenated alkanes) is 6. The standard InChI is InChI=1S/C25H33NO2/c1-3-5-6-7-8-9-10-12-15-20-18-19(4-2)22-23(20)25(28)26(24(22)27)21-16-13-11-14-17-21/h4,11-17,19-20,22-23H,2-3,5-10,18H2,1H3/b15-12+/t19-,20+,22+,23-/m0/s1. The van der Waals surface area contributed by atoms with Gasteiger partial charge in [0.25, 0.3) is 0 Å². The molecule has 1 heterocycles. The van der Waals surface area contributed by atoms with Crippen molar-refractivity contribution in [1.82, 2.24) is 0 Å². The van der Waals surface area contributed by atoms with Crippen LogP contribution in [0.4, 0.5) is 5.69 Å². The summed E-state index contributed by atoms with van der Waals surface area (Å²) in [5, 5.41) is 0. The molecular formula is C25H33NO2. The minimum atomic E-state index is -0.256. The summed E-state index contributed by atoms with van der Waals surface area (Å²) >= 11 is 0. The Labute approximate surface area is 169 Å². The average Bonchev–Trinajstić information content (AvgIpc) is 3.21. The van der Waals surface area contributed by atoms with Crippen LogP contribution in [0.15, 0.2) is 55.1 Å². The lowest BCUT2D eigenvalue weighted by Crippen LogP contribution is -2.33. The highest BCUT2D eigenvalue weighted by atomic mass is 16.2. The van der Waals surface area contributed by atoms with Crippen molar-refractivity contribution in [2.75, 3.05) is 4.90 Å². The van der Waals surface area contributed by atoms with Gasteiger partial charge in [-0.1, -0.05) is 75.5 Å². The van der Waals surface area contributed by atoms with Gasteiger partial charge in [-0.25, -0.2) is 0 Å². The fourth-order valence-electron chi connectivity index (χ4n) is 4.81. The second-order valence-corrected chi connectivity index (χ2v) is 8.18. The minimum Gasteiger partial charge on any atom is -0.274 e. The molecule has 1 aliphatic carbocycles. The number of rotatable bonds is 10. The average molecular weight is 380 g/mol. The Balaban J connectivity index is 1.63. The number of carbonyl (C=O) groups is 2. The maximum Gasteiger partial charge on any atom is 0.238 e. The minimum absolute atomic E-state index is 0.0419. The second-order valence-electron chi connectivity index (χ2n) is 8.18. The van der Waals surface area contributed by atoms with Crippen LogP contribution in [0.1, 0.15) is 58.3 Å². The number of allylic oxidation sites excluding steroid dienone is 3. The van der Waals surface area contributed by atoms with Crippen LogP contribution in [-0.4, -0.2) is 11.8 Å². The third-order valence-electron chi connectivity index (χ3n) is 6.29. The lowest BCUT2D eigenvalue weighted by molar-refractivity contribution is -0.123. The van der Waals surface area contributed by atoms with Gasteiger partial charge in [-0.2, -0.15) is 0 Å². The van der Waals surface area contributed by atoms with Crippen molar-refractivity contribution < 1.29 is 9.59 Å². The van der Waals surface area contributed by atoms with Gasteiger partial charge in [0.05, 0.1) is 17.5 Å². The van der Waals surface area contributed by atoms with E-state index in [9.17, 15) is 9.59 Å². The lowest BCUT2D eigenvalue weighted by Gasteiger charge is -2.18. The van der Waals surface area contributed by atoms with E-state index in [4.69, 9.17) is 0 Å². The van der Waals surface area contributed by atoms with Crippen molar-refractivity contribution in [1.29, 1.82) is 0 Å². The molecule has 1 aromatic rings. The molecule has 3 heteroatoms. The summed E-state index contributed by atoms with van der Waals surface area (Å²) in [5.41, 5.74) is 0.685. The van der Waals surface area contributed by atoms with Gasteiger partial charge in [0.1, 0.15) is 0 Å². The van der Waals surface area contributed by atoms with Gasteiger partial charge >= 0.3 is 0 Å². The molecule has 0 unspecified atom stereocenters. The number of carbonyl (C=O) groups excluding carboxylic acids is 2. The Morgan fingerprint density at radius 3 is 2.29 bits per heavy atom. The molecule has 3 nitrogen and oxygen atoms in total. The molecule has 2 amide bonds. The van der Waals surface area contributed by atoms with Crippen LogP contribution in [0, 0.1) is 23.7 Å². The molecule has 2 aliphatic rings. The highest BCUT2D eigenvalue weighted by molar-refractivity contribution is 6.22. The number of amides is 2. The molecule has 2 fully saturated rings. The van der Waals surface area contributed by atoms with Crippen LogP contribution < -0.4 is 4.90 Å². The quantitative estimate of drug-likeness (QED) is 0.287. The normalized spacial score (nSPS) is 27.0. The molecule has 0 spiro atoms. The summed E-state index contributed by atoms with van der Waals surface area (Å²) in [4.78, 5) is 27.6. The van der Waals surface area contributed by atoms with Crippen molar-refractivity contribution in [3.05, 3.63) is 55.1 Å². The second kappa shape index (κ2) is 9.86. The van der Waals surface area contributed by atoms with Crippen molar-refractivity contribution in [3.63, 3.8) is 0 Å². The van der Waals surface area contributed by atoms with Crippen molar-refractivity contribution in [2.45, 2.75) is 58.3 Å². The predicted octanol–water partition coefficient (Wildman–Crippen LogP) is 5.92. The summed E-state index contributed by atoms with van der Waals surface area (Å²) in [5.74, 6) is -0.375. The number of benzene rings is 1. The molecule has 0 bridgehead atoms. The first-order chi connectivity index (χ1) is 13.7. The number of para-hydroxylation sites is 1. The van der Waals surface area contributed by atoms with E-state index in [1.165, 1.54) is 43.4 Å². The van der Waals surface area contributed by atoms with E-state index in [1.54, 1.807) is 0 Å². The Morgan fingerprint density at radius 2 is 1.61 bits per heavy atom. The third kappa shape index (κ3) is 4.29. The van der Waals surface area contributed by atoms with Crippen molar-refractivity contribution in [3.8, 4) is 0 Å². The Kier molecular flexibility index (Phi) is 7.24. The predicted molar refractivity (Wildman–Crippen MR) is 115 cm³/mol. The van der Waals surface area contributed by atoms with Crippen molar-refractivity contribution in [2.24, 2.45) is 23.7 Å². The lowest BCUT2D eigenvalue weighted by atomic mass is 9.89. The van der Waals surface area contributed by atoms with Crippen LogP contribution in [0.5, 0.6) is 0 Å². The molecule has 1 aliphatic heterocycles. The van der Waals surface area contributed by atoms with Gasteiger partial charge < -0.3 is 0 Å². The molecule has 0 radical (unpaired) electrons. The molecule has 1 aromatic carbocycles. The molecule has 150 valence electrons. The monoisotopic (exact) mass is 379 g/mol. The van der Waals surface area contributed by atoms with E-state index in [0.29, 0.717) is 5.69 Å². The molecule has 1 saturated carbocycles. The van der Waals surface area contributed by atoms with Crippen LogP contribution in [0.3, 0.4) is 0 Å². The van der Waals surface area contributed by atoms with E-state index in [-0.39, 0.29) is 35.5 Å². The Hall–Kier alpha value is -2.16. The summed E-state index contributed by atoms with van der Waals surface area (Å²) in [6, 6.07) is 9.31. The van der Waals surface area contributed by atoms with Crippen LogP contribution >= 0.6 is 0 Å². The summed E-state index contributed by atoms with van der Waals surface area (Å²) in [6.07, 6.45) is 16.0. The highest BCUT2D eigenvalue weighted by Gasteiger charge is 2.57. The van der Waals surface area contributed by atoms with Gasteiger partial charge in [-0.05, 0) is 43.2 Å². The number of hydrogen-bond acceptors (Lipinski definition) is 2. The zero-order valence-electron chi connectivity index (χ0n) is 17.1. The number of fused-ring (bicyclic) bond motifs is 1. The van der Waals surface area contributed by atoms with E-state index < -0.39 is 0 Å². The van der Waals surface area contributed by atoms with Gasteiger partial charge in [-0.15, -0.1) is 6.58 Å². The molecule has 0 N–H and O–H groups in total. The topological polar surface area (TPSA) is 37.4 Å². The van der Waals surface area contributed by atoms with Crippen LogP contribution in [0.2, 0.25) is 0 Å².